The van der Waals surface area contributed by atoms with Crippen LogP contribution >= 0.6 is 11.3 Å². The highest BCUT2D eigenvalue weighted by molar-refractivity contribution is 7.12. The number of halogens is 3. The molecule has 2 aromatic carbocycles. The lowest BCUT2D eigenvalue weighted by Crippen LogP contribution is -2.17. The van der Waals surface area contributed by atoms with Gasteiger partial charge < -0.3 is 9.47 Å². The standard InChI is InChI=1S/C20H12F3NO3S/c21-20(22,23)12-2-1-3-15(10-12)26-13-4-6-14(7-5-13)27-18-11-17(25)19-16(24-18)8-9-28-19/h1-10H,11H2. The lowest BCUT2D eigenvalue weighted by molar-refractivity contribution is -0.137. The van der Waals surface area contributed by atoms with E-state index in [1.807, 2.05) is 0 Å². The van der Waals surface area contributed by atoms with Crippen molar-refractivity contribution in [1.29, 1.82) is 0 Å². The summed E-state index contributed by atoms with van der Waals surface area (Å²) in [5.74, 6) is 1.13. The van der Waals surface area contributed by atoms with Crippen LogP contribution in [-0.2, 0) is 6.18 Å². The predicted octanol–water partition coefficient (Wildman–Crippen LogP) is 6.25. The number of ketones is 1. The molecule has 0 atom stereocenters. The number of carbonyl (C=O) groups is 1. The number of aliphatic imine (C=N–C) groups is 1. The molecule has 0 bridgehead atoms. The van der Waals surface area contributed by atoms with Crippen molar-refractivity contribution in [2.45, 2.75) is 12.6 Å². The Morgan fingerprint density at radius 3 is 2.36 bits per heavy atom. The molecule has 3 aromatic rings. The van der Waals surface area contributed by atoms with E-state index < -0.39 is 11.7 Å². The Bertz CT molecular complexity index is 1060. The van der Waals surface area contributed by atoms with Crippen molar-refractivity contribution < 1.29 is 27.4 Å². The van der Waals surface area contributed by atoms with Crippen LogP contribution in [0.15, 0.2) is 65.0 Å². The third kappa shape index (κ3) is 3.91. The van der Waals surface area contributed by atoms with Crippen LogP contribution in [0.1, 0.15) is 21.7 Å². The van der Waals surface area contributed by atoms with Gasteiger partial charge in [0.1, 0.15) is 17.2 Å². The average molecular weight is 403 g/mol. The van der Waals surface area contributed by atoms with E-state index in [0.29, 0.717) is 28.0 Å². The van der Waals surface area contributed by atoms with Gasteiger partial charge in [0, 0.05) is 0 Å². The Hall–Kier alpha value is -3.13. The maximum Gasteiger partial charge on any atom is 0.416 e. The molecule has 2 heterocycles. The fourth-order valence-electron chi connectivity index (χ4n) is 2.63. The minimum Gasteiger partial charge on any atom is -0.457 e. The number of nitrogens with zero attached hydrogens (tertiary/aromatic N) is 1. The van der Waals surface area contributed by atoms with Crippen molar-refractivity contribution in [3.63, 3.8) is 0 Å². The van der Waals surface area contributed by atoms with Gasteiger partial charge in [0.15, 0.2) is 5.78 Å². The molecule has 4 rings (SSSR count). The first-order valence-corrected chi connectivity index (χ1v) is 9.08. The Morgan fingerprint density at radius 1 is 0.929 bits per heavy atom. The highest BCUT2D eigenvalue weighted by Crippen LogP contribution is 2.34. The number of ether oxygens (including phenoxy) is 2. The molecule has 142 valence electrons. The van der Waals surface area contributed by atoms with Crippen molar-refractivity contribution in [2.24, 2.45) is 4.99 Å². The van der Waals surface area contributed by atoms with Crippen LogP contribution in [0.3, 0.4) is 0 Å². The Balaban J connectivity index is 1.46. The molecule has 0 radical (unpaired) electrons. The van der Waals surface area contributed by atoms with Gasteiger partial charge in [0.25, 0.3) is 0 Å². The second-order valence-corrected chi connectivity index (χ2v) is 6.86. The first kappa shape index (κ1) is 18.2. The maximum atomic E-state index is 12.8. The summed E-state index contributed by atoms with van der Waals surface area (Å²) in [6.45, 7) is 0. The van der Waals surface area contributed by atoms with Gasteiger partial charge in [-0.05, 0) is 53.9 Å². The van der Waals surface area contributed by atoms with Gasteiger partial charge in [-0.25, -0.2) is 4.99 Å². The third-order valence-corrected chi connectivity index (χ3v) is 4.86. The molecule has 8 heteroatoms. The summed E-state index contributed by atoms with van der Waals surface area (Å²) in [4.78, 5) is 17.0. The zero-order valence-electron chi connectivity index (χ0n) is 14.2. The summed E-state index contributed by atoms with van der Waals surface area (Å²) in [5, 5.41) is 1.80. The molecule has 0 unspecified atom stereocenters. The van der Waals surface area contributed by atoms with Crippen molar-refractivity contribution in [2.75, 3.05) is 0 Å². The molecule has 0 spiro atoms. The quantitative estimate of drug-likeness (QED) is 0.519. The fraction of sp³-hybridized carbons (Fsp3) is 0.100. The number of alkyl halides is 3. The van der Waals surface area contributed by atoms with Gasteiger partial charge in [0.05, 0.1) is 22.5 Å². The summed E-state index contributed by atoms with van der Waals surface area (Å²) in [6, 6.07) is 12.7. The number of rotatable bonds is 3. The second-order valence-electron chi connectivity index (χ2n) is 5.94. The number of carbonyl (C=O) groups excluding carboxylic acids is 1. The minimum absolute atomic E-state index is 0.0421. The van der Waals surface area contributed by atoms with Crippen LogP contribution in [0.5, 0.6) is 17.2 Å². The average Bonchev–Trinajstić information content (AvgIpc) is 3.12. The van der Waals surface area contributed by atoms with Crippen molar-refractivity contribution >= 4 is 28.7 Å². The Kier molecular flexibility index (Phi) is 4.64. The summed E-state index contributed by atoms with van der Waals surface area (Å²) >= 11 is 1.35. The summed E-state index contributed by atoms with van der Waals surface area (Å²) in [5.41, 5.74) is -0.182. The van der Waals surface area contributed by atoms with E-state index in [4.69, 9.17) is 9.47 Å². The van der Waals surface area contributed by atoms with Crippen molar-refractivity contribution in [3.8, 4) is 17.2 Å². The molecule has 1 aliphatic heterocycles. The normalized spacial score (nSPS) is 13.7. The van der Waals surface area contributed by atoms with Crippen LogP contribution in [0.25, 0.3) is 0 Å². The number of benzene rings is 2. The number of hydrogen-bond donors (Lipinski definition) is 0. The Morgan fingerprint density at radius 2 is 1.64 bits per heavy atom. The number of hydrogen-bond acceptors (Lipinski definition) is 5. The molecule has 0 fully saturated rings. The summed E-state index contributed by atoms with van der Waals surface area (Å²) < 4.78 is 49.4. The molecule has 4 nitrogen and oxygen atoms in total. The van der Waals surface area contributed by atoms with Crippen LogP contribution in [0, 0.1) is 0 Å². The molecular weight excluding hydrogens is 391 g/mol. The van der Waals surface area contributed by atoms with E-state index in [0.717, 1.165) is 12.1 Å². The number of fused-ring (bicyclic) bond motifs is 1. The monoisotopic (exact) mass is 403 g/mol. The van der Waals surface area contributed by atoms with Gasteiger partial charge in [-0.1, -0.05) is 6.07 Å². The zero-order chi connectivity index (χ0) is 19.7. The second kappa shape index (κ2) is 7.12. The number of Topliss-reactive ketones (excluding diaryl/α,β-unsaturated/α-hetero) is 1. The van der Waals surface area contributed by atoms with E-state index in [-0.39, 0.29) is 18.0 Å². The van der Waals surface area contributed by atoms with E-state index >= 15 is 0 Å². The SMILES string of the molecule is O=C1CC(Oc2ccc(Oc3cccc(C(F)(F)F)c3)cc2)=Nc2ccsc21. The van der Waals surface area contributed by atoms with E-state index in [1.54, 1.807) is 35.7 Å². The molecular formula is C20H12F3NO3S. The highest BCUT2D eigenvalue weighted by Gasteiger charge is 2.30. The predicted molar refractivity (Wildman–Crippen MR) is 98.9 cm³/mol. The zero-order valence-corrected chi connectivity index (χ0v) is 15.0. The number of thiophene rings is 1. The molecule has 0 N–H and O–H groups in total. The molecule has 0 amide bonds. The van der Waals surface area contributed by atoms with Gasteiger partial charge in [-0.15, -0.1) is 11.3 Å². The smallest absolute Gasteiger partial charge is 0.416 e. The van der Waals surface area contributed by atoms with Crippen molar-refractivity contribution in [1.82, 2.24) is 0 Å². The Labute approximate surface area is 161 Å². The van der Waals surface area contributed by atoms with E-state index in [1.165, 1.54) is 23.5 Å². The molecule has 28 heavy (non-hydrogen) atoms. The first-order valence-electron chi connectivity index (χ1n) is 8.20. The topological polar surface area (TPSA) is 47.9 Å². The maximum absolute atomic E-state index is 12.8. The molecule has 0 saturated carbocycles. The van der Waals surface area contributed by atoms with Gasteiger partial charge >= 0.3 is 6.18 Å². The van der Waals surface area contributed by atoms with Crippen molar-refractivity contribution in [3.05, 3.63) is 70.4 Å². The van der Waals surface area contributed by atoms with Crippen LogP contribution < -0.4 is 9.47 Å². The lowest BCUT2D eigenvalue weighted by Gasteiger charge is -2.13. The lowest BCUT2D eigenvalue weighted by atomic mass is 10.2. The minimum atomic E-state index is -4.43. The van der Waals surface area contributed by atoms with Gasteiger partial charge in [-0.3, -0.25) is 4.79 Å². The largest absolute Gasteiger partial charge is 0.457 e. The van der Waals surface area contributed by atoms with E-state index in [9.17, 15) is 18.0 Å². The summed E-state index contributed by atoms with van der Waals surface area (Å²) in [6.07, 6.45) is -4.35. The van der Waals surface area contributed by atoms with Gasteiger partial charge in [-0.2, -0.15) is 13.2 Å². The fourth-order valence-corrected chi connectivity index (χ4v) is 3.40. The summed E-state index contributed by atoms with van der Waals surface area (Å²) in [7, 11) is 0. The third-order valence-electron chi connectivity index (χ3n) is 3.91. The van der Waals surface area contributed by atoms with E-state index in [2.05, 4.69) is 4.99 Å². The molecule has 0 saturated heterocycles. The molecule has 1 aromatic heterocycles. The van der Waals surface area contributed by atoms with Crippen LogP contribution in [0.2, 0.25) is 0 Å². The van der Waals surface area contributed by atoms with Crippen LogP contribution in [0.4, 0.5) is 18.9 Å². The highest BCUT2D eigenvalue weighted by atomic mass is 32.1. The molecule has 0 aliphatic carbocycles. The van der Waals surface area contributed by atoms with Gasteiger partial charge in [0.2, 0.25) is 5.90 Å². The first-order chi connectivity index (χ1) is 13.4. The van der Waals surface area contributed by atoms with Crippen LogP contribution in [-0.4, -0.2) is 11.7 Å². The molecule has 1 aliphatic rings.